The summed E-state index contributed by atoms with van der Waals surface area (Å²) in [4.78, 5) is 25.5. The number of nitrogens with one attached hydrogen (secondary N) is 1. The van der Waals surface area contributed by atoms with Crippen LogP contribution in [0.2, 0.25) is 0 Å². The lowest BCUT2D eigenvalue weighted by atomic mass is 10.1. The zero-order valence-electron chi connectivity index (χ0n) is 19.3. The molecule has 0 unspecified atom stereocenters. The number of carbonyl (C=O) groups is 1. The molecule has 0 radical (unpaired) electrons. The molecule has 3 aromatic carbocycles. The summed E-state index contributed by atoms with van der Waals surface area (Å²) in [5, 5.41) is 20.0. The third kappa shape index (κ3) is 3.62. The number of likely N-dealkylation sites (tertiary alicyclic amines) is 1. The molecule has 2 aliphatic rings. The van der Waals surface area contributed by atoms with E-state index in [-0.39, 0.29) is 35.2 Å². The fraction of sp³-hybridized carbons (Fsp3) is 0.259. The maximum absolute atomic E-state index is 13.0. The summed E-state index contributed by atoms with van der Waals surface area (Å²) in [5.41, 5.74) is 4.15. The summed E-state index contributed by atoms with van der Waals surface area (Å²) in [6.45, 7) is 1.42. The van der Waals surface area contributed by atoms with Crippen LogP contribution < -0.4 is 9.64 Å². The van der Waals surface area contributed by atoms with Gasteiger partial charge in [0.25, 0.3) is 5.91 Å². The second-order valence-corrected chi connectivity index (χ2v) is 9.20. The fourth-order valence-corrected chi connectivity index (χ4v) is 5.43. The van der Waals surface area contributed by atoms with Crippen LogP contribution in [-0.2, 0) is 0 Å². The van der Waals surface area contributed by atoms with Crippen molar-refractivity contribution in [2.45, 2.75) is 24.9 Å². The number of phenolic OH excluding ortho intramolecular Hbond substituents is 2. The minimum Gasteiger partial charge on any atom is -0.504 e. The summed E-state index contributed by atoms with van der Waals surface area (Å²) in [7, 11) is 1.44. The van der Waals surface area contributed by atoms with Gasteiger partial charge in [-0.05, 0) is 55.3 Å². The van der Waals surface area contributed by atoms with Crippen LogP contribution in [0.15, 0.2) is 60.7 Å². The second kappa shape index (κ2) is 8.23. The topological polar surface area (TPSA) is 102 Å². The van der Waals surface area contributed by atoms with Gasteiger partial charge in [0.05, 0.1) is 18.1 Å². The zero-order valence-corrected chi connectivity index (χ0v) is 19.3. The van der Waals surface area contributed by atoms with E-state index in [4.69, 9.17) is 4.74 Å². The minimum absolute atomic E-state index is 0.100. The molecule has 8 nitrogen and oxygen atoms in total. The first kappa shape index (κ1) is 21.3. The molecule has 6 rings (SSSR count). The van der Waals surface area contributed by atoms with Gasteiger partial charge in [-0.15, -0.1) is 0 Å². The van der Waals surface area contributed by atoms with Crippen LogP contribution in [0.1, 0.15) is 23.2 Å². The Balaban J connectivity index is 1.27. The van der Waals surface area contributed by atoms with E-state index >= 15 is 0 Å². The average molecular weight is 471 g/mol. The number of H-pyrrole nitrogens is 1. The van der Waals surface area contributed by atoms with Gasteiger partial charge in [0.2, 0.25) is 5.75 Å². The van der Waals surface area contributed by atoms with Gasteiger partial charge in [-0.3, -0.25) is 4.79 Å². The van der Waals surface area contributed by atoms with Crippen molar-refractivity contribution in [3.8, 4) is 28.6 Å². The molecule has 0 spiro atoms. The van der Waals surface area contributed by atoms with Gasteiger partial charge in [0.15, 0.2) is 11.5 Å². The molecule has 178 valence electrons. The Morgan fingerprint density at radius 2 is 1.77 bits per heavy atom. The molecule has 2 fully saturated rings. The highest BCUT2D eigenvalue weighted by Crippen LogP contribution is 2.40. The lowest BCUT2D eigenvalue weighted by molar-refractivity contribution is 0.0718. The van der Waals surface area contributed by atoms with E-state index in [1.807, 2.05) is 41.3 Å². The summed E-state index contributed by atoms with van der Waals surface area (Å²) in [6, 6.07) is 19.3. The Kier molecular flexibility index (Phi) is 5.02. The van der Waals surface area contributed by atoms with E-state index in [9.17, 15) is 15.0 Å². The maximum Gasteiger partial charge on any atom is 0.253 e. The number of benzene rings is 3. The summed E-state index contributed by atoms with van der Waals surface area (Å²) in [5.74, 6) is 0.297. The predicted octanol–water partition coefficient (Wildman–Crippen LogP) is 4.14. The van der Waals surface area contributed by atoms with Crippen LogP contribution in [-0.4, -0.2) is 63.3 Å². The van der Waals surface area contributed by atoms with Crippen molar-refractivity contribution in [2.75, 3.05) is 25.1 Å². The van der Waals surface area contributed by atoms with Crippen LogP contribution in [0.25, 0.3) is 22.4 Å². The van der Waals surface area contributed by atoms with Gasteiger partial charge >= 0.3 is 0 Å². The number of anilines is 1. The van der Waals surface area contributed by atoms with Crippen molar-refractivity contribution in [2.24, 2.45) is 0 Å². The van der Waals surface area contributed by atoms with Crippen molar-refractivity contribution >= 4 is 22.6 Å². The molecule has 4 aromatic rings. The first-order valence-corrected chi connectivity index (χ1v) is 11.7. The number of carbonyl (C=O) groups excluding carboxylic acids is 1. The maximum atomic E-state index is 13.0. The fourth-order valence-electron chi connectivity index (χ4n) is 5.43. The van der Waals surface area contributed by atoms with E-state index in [0.717, 1.165) is 35.1 Å². The number of rotatable bonds is 4. The number of hydrogen-bond acceptors (Lipinski definition) is 6. The molecule has 35 heavy (non-hydrogen) atoms. The number of aromatic nitrogens is 2. The van der Waals surface area contributed by atoms with Crippen LogP contribution >= 0.6 is 0 Å². The molecule has 2 atom stereocenters. The SMILES string of the molecule is COc1cc(-c2nc3ccc(N4[C@@H]5CC[C@H]4CN(C(=O)c4ccccc4)C5)cc3[nH]2)cc(O)c1O. The largest absolute Gasteiger partial charge is 0.504 e. The monoisotopic (exact) mass is 470 g/mol. The lowest BCUT2D eigenvalue weighted by Crippen LogP contribution is -2.55. The first-order chi connectivity index (χ1) is 17.0. The van der Waals surface area contributed by atoms with E-state index in [1.54, 1.807) is 6.07 Å². The second-order valence-electron chi connectivity index (χ2n) is 9.20. The Morgan fingerprint density at radius 1 is 1.03 bits per heavy atom. The van der Waals surface area contributed by atoms with Gasteiger partial charge in [-0.25, -0.2) is 4.98 Å². The molecular weight excluding hydrogens is 444 g/mol. The molecular formula is C27H26N4O4. The third-order valence-electron chi connectivity index (χ3n) is 7.10. The van der Waals surface area contributed by atoms with Crippen LogP contribution in [0.4, 0.5) is 5.69 Å². The van der Waals surface area contributed by atoms with Crippen molar-refractivity contribution in [1.82, 2.24) is 14.9 Å². The number of imidazole rings is 1. The van der Waals surface area contributed by atoms with Crippen LogP contribution in [0.3, 0.4) is 0 Å². The van der Waals surface area contributed by atoms with E-state index < -0.39 is 0 Å². The molecule has 3 heterocycles. The highest BCUT2D eigenvalue weighted by molar-refractivity contribution is 5.94. The number of ether oxygens (including phenoxy) is 1. The van der Waals surface area contributed by atoms with Gasteiger partial charge in [-0.2, -0.15) is 0 Å². The number of nitrogens with zero attached hydrogens (tertiary/aromatic N) is 3. The predicted molar refractivity (Wildman–Crippen MR) is 133 cm³/mol. The number of piperazine rings is 1. The molecule has 2 saturated heterocycles. The molecule has 2 aliphatic heterocycles. The number of aromatic hydroxyl groups is 2. The standard InChI is InChI=1S/C27H26N4O4/c1-35-24-12-17(11-23(32)25(24)33)26-28-21-10-9-18(13-22(21)29-26)31-19-7-8-20(31)15-30(14-19)27(34)16-5-3-2-4-6-16/h2-6,9-13,19-20,32-33H,7-8,14-15H2,1H3,(H,28,29)/t19-,20+. The number of phenols is 2. The van der Waals surface area contributed by atoms with Gasteiger partial charge < -0.3 is 29.7 Å². The van der Waals surface area contributed by atoms with Crippen molar-refractivity contribution in [3.05, 3.63) is 66.2 Å². The Labute approximate surface area is 202 Å². The zero-order chi connectivity index (χ0) is 24.1. The van der Waals surface area contributed by atoms with Crippen LogP contribution in [0.5, 0.6) is 17.2 Å². The van der Waals surface area contributed by atoms with E-state index in [0.29, 0.717) is 24.5 Å². The Morgan fingerprint density at radius 3 is 2.49 bits per heavy atom. The molecule has 0 aliphatic carbocycles. The van der Waals surface area contributed by atoms with Crippen LogP contribution in [0, 0.1) is 0 Å². The molecule has 2 bridgehead atoms. The summed E-state index contributed by atoms with van der Waals surface area (Å²) in [6.07, 6.45) is 2.12. The smallest absolute Gasteiger partial charge is 0.253 e. The number of aromatic amines is 1. The average Bonchev–Trinajstić information content (AvgIpc) is 3.42. The first-order valence-electron chi connectivity index (χ1n) is 11.7. The number of amides is 1. The normalized spacial score (nSPS) is 19.3. The minimum atomic E-state index is -0.296. The van der Waals surface area contributed by atoms with Crippen molar-refractivity contribution in [1.29, 1.82) is 0 Å². The molecule has 8 heteroatoms. The highest BCUT2D eigenvalue weighted by atomic mass is 16.5. The molecule has 1 aromatic heterocycles. The number of hydrogen-bond donors (Lipinski definition) is 3. The Hall–Kier alpha value is -4.20. The molecule has 3 N–H and O–H groups in total. The van der Waals surface area contributed by atoms with E-state index in [1.165, 1.54) is 13.2 Å². The third-order valence-corrected chi connectivity index (χ3v) is 7.10. The summed E-state index contributed by atoms with van der Waals surface area (Å²) >= 11 is 0. The molecule has 0 saturated carbocycles. The number of methoxy groups -OCH3 is 1. The van der Waals surface area contributed by atoms with Gasteiger partial charge in [-0.1, -0.05) is 18.2 Å². The Bertz CT molecular complexity index is 1400. The quantitative estimate of drug-likeness (QED) is 0.388. The molecule has 1 amide bonds. The summed E-state index contributed by atoms with van der Waals surface area (Å²) < 4.78 is 5.16. The van der Waals surface area contributed by atoms with Crippen molar-refractivity contribution < 1.29 is 19.7 Å². The van der Waals surface area contributed by atoms with Crippen molar-refractivity contribution in [3.63, 3.8) is 0 Å². The highest BCUT2D eigenvalue weighted by Gasteiger charge is 2.41. The number of fused-ring (bicyclic) bond motifs is 3. The van der Waals surface area contributed by atoms with Gasteiger partial charge in [0, 0.05) is 42.0 Å². The van der Waals surface area contributed by atoms with E-state index in [2.05, 4.69) is 27.0 Å². The van der Waals surface area contributed by atoms with Gasteiger partial charge in [0.1, 0.15) is 5.82 Å². The lowest BCUT2D eigenvalue weighted by Gasteiger charge is -2.42.